The minimum absolute atomic E-state index is 0.0921. The molecule has 0 spiro atoms. The number of nitrogens with zero attached hydrogens (tertiary/aromatic N) is 3. The van der Waals surface area contributed by atoms with Gasteiger partial charge in [0.25, 0.3) is 0 Å². The predicted octanol–water partition coefficient (Wildman–Crippen LogP) is 3.16. The Morgan fingerprint density at radius 1 is 1.04 bits per heavy atom. The van der Waals surface area contributed by atoms with E-state index in [1.807, 2.05) is 0 Å². The van der Waals surface area contributed by atoms with Gasteiger partial charge in [0.05, 0.1) is 0 Å². The zero-order chi connectivity index (χ0) is 18.1. The number of anilines is 3. The molecule has 1 aromatic heterocycles. The number of rotatable bonds is 3. The average molecular weight is 347 g/mol. The van der Waals surface area contributed by atoms with Crippen LogP contribution in [0.15, 0.2) is 6.33 Å². The first-order chi connectivity index (χ1) is 11.8. The highest BCUT2D eigenvalue weighted by Gasteiger charge is 2.38. The van der Waals surface area contributed by atoms with Crippen molar-refractivity contribution < 1.29 is 0 Å². The SMILES string of the molecule is CC1(C)CC(Nc2ncnc(N3CCCCCC3)c2N)CC(C)(C)N1. The number of nitrogen functional groups attached to an aromatic ring is 1. The maximum atomic E-state index is 6.47. The largest absolute Gasteiger partial charge is 0.393 e. The average Bonchev–Trinajstić information content (AvgIpc) is 2.75. The molecule has 1 aromatic rings. The number of piperidine rings is 1. The Hall–Kier alpha value is -1.56. The van der Waals surface area contributed by atoms with E-state index in [0.717, 1.165) is 37.6 Å². The molecule has 0 atom stereocenters. The van der Waals surface area contributed by atoms with E-state index in [4.69, 9.17) is 5.73 Å². The summed E-state index contributed by atoms with van der Waals surface area (Å²) in [7, 11) is 0. The molecule has 2 aliphatic rings. The Kier molecular flexibility index (Phi) is 5.09. The summed E-state index contributed by atoms with van der Waals surface area (Å²) >= 11 is 0. The topological polar surface area (TPSA) is 79.1 Å². The van der Waals surface area contributed by atoms with Gasteiger partial charge in [-0.25, -0.2) is 9.97 Å². The van der Waals surface area contributed by atoms with Crippen LogP contribution >= 0.6 is 0 Å². The van der Waals surface area contributed by atoms with Crippen LogP contribution in [0.3, 0.4) is 0 Å². The van der Waals surface area contributed by atoms with E-state index in [0.29, 0.717) is 11.7 Å². The second kappa shape index (κ2) is 6.98. The fraction of sp³-hybridized carbons (Fsp3) is 0.789. The lowest BCUT2D eigenvalue weighted by Gasteiger charge is -2.46. The van der Waals surface area contributed by atoms with E-state index >= 15 is 0 Å². The Balaban J connectivity index is 1.77. The van der Waals surface area contributed by atoms with Gasteiger partial charge < -0.3 is 21.3 Å². The number of nitrogens with one attached hydrogen (secondary N) is 2. The first-order valence-electron chi connectivity index (χ1n) is 9.67. The van der Waals surface area contributed by atoms with Crippen molar-refractivity contribution in [3.8, 4) is 0 Å². The van der Waals surface area contributed by atoms with E-state index in [1.54, 1.807) is 6.33 Å². The summed E-state index contributed by atoms with van der Waals surface area (Å²) in [6.07, 6.45) is 8.75. The zero-order valence-corrected chi connectivity index (χ0v) is 16.2. The van der Waals surface area contributed by atoms with Crippen LogP contribution in [0.2, 0.25) is 0 Å². The lowest BCUT2D eigenvalue weighted by Crippen LogP contribution is -2.60. The Morgan fingerprint density at radius 3 is 2.24 bits per heavy atom. The third kappa shape index (κ3) is 4.54. The van der Waals surface area contributed by atoms with Gasteiger partial charge in [-0.2, -0.15) is 0 Å². The van der Waals surface area contributed by atoms with Gasteiger partial charge in [-0.05, 0) is 53.4 Å². The molecule has 2 aliphatic heterocycles. The Bertz CT molecular complexity index is 574. The molecule has 0 aromatic carbocycles. The monoisotopic (exact) mass is 346 g/mol. The summed E-state index contributed by atoms with van der Waals surface area (Å²) in [6, 6.07) is 0.348. The summed E-state index contributed by atoms with van der Waals surface area (Å²) in [5.41, 5.74) is 7.35. The van der Waals surface area contributed by atoms with E-state index in [1.165, 1.54) is 25.7 Å². The molecule has 0 amide bonds. The highest BCUT2D eigenvalue weighted by atomic mass is 15.2. The van der Waals surface area contributed by atoms with E-state index < -0.39 is 0 Å². The van der Waals surface area contributed by atoms with Gasteiger partial charge in [-0.1, -0.05) is 12.8 Å². The van der Waals surface area contributed by atoms with Crippen molar-refractivity contribution in [3.05, 3.63) is 6.33 Å². The first kappa shape index (κ1) is 18.2. The maximum absolute atomic E-state index is 6.47. The van der Waals surface area contributed by atoms with Crippen LogP contribution in [-0.2, 0) is 0 Å². The fourth-order valence-corrected chi connectivity index (χ4v) is 4.65. The molecule has 0 bridgehead atoms. The number of nitrogens with two attached hydrogens (primary N) is 1. The quantitative estimate of drug-likeness (QED) is 0.780. The first-order valence-corrected chi connectivity index (χ1v) is 9.67. The van der Waals surface area contributed by atoms with E-state index in [9.17, 15) is 0 Å². The van der Waals surface area contributed by atoms with Crippen molar-refractivity contribution in [2.45, 2.75) is 83.3 Å². The molecule has 140 valence electrons. The van der Waals surface area contributed by atoms with Crippen LogP contribution < -0.4 is 21.3 Å². The number of hydrogen-bond donors (Lipinski definition) is 3. The molecule has 4 N–H and O–H groups in total. The Morgan fingerprint density at radius 2 is 1.64 bits per heavy atom. The van der Waals surface area contributed by atoms with Crippen molar-refractivity contribution in [1.82, 2.24) is 15.3 Å². The van der Waals surface area contributed by atoms with E-state index in [-0.39, 0.29) is 11.1 Å². The lowest BCUT2D eigenvalue weighted by atomic mass is 9.79. The number of aromatic nitrogens is 2. The summed E-state index contributed by atoms with van der Waals surface area (Å²) in [4.78, 5) is 11.3. The van der Waals surface area contributed by atoms with Gasteiger partial charge in [0, 0.05) is 30.2 Å². The molecule has 0 unspecified atom stereocenters. The molecule has 3 rings (SSSR count). The predicted molar refractivity (Wildman–Crippen MR) is 105 cm³/mol. The highest BCUT2D eigenvalue weighted by molar-refractivity contribution is 5.75. The molecule has 0 aliphatic carbocycles. The lowest BCUT2D eigenvalue weighted by molar-refractivity contribution is 0.170. The van der Waals surface area contributed by atoms with Gasteiger partial charge in [0.2, 0.25) is 0 Å². The van der Waals surface area contributed by atoms with Gasteiger partial charge in [0.15, 0.2) is 11.6 Å². The summed E-state index contributed by atoms with van der Waals surface area (Å²) in [5, 5.41) is 7.33. The van der Waals surface area contributed by atoms with Gasteiger partial charge in [-0.3, -0.25) is 0 Å². The molecular weight excluding hydrogens is 312 g/mol. The number of hydrogen-bond acceptors (Lipinski definition) is 6. The molecule has 3 heterocycles. The van der Waals surface area contributed by atoms with Crippen molar-refractivity contribution in [3.63, 3.8) is 0 Å². The van der Waals surface area contributed by atoms with Gasteiger partial charge in [0.1, 0.15) is 12.0 Å². The van der Waals surface area contributed by atoms with Crippen LogP contribution in [0.5, 0.6) is 0 Å². The molecule has 0 radical (unpaired) electrons. The van der Waals surface area contributed by atoms with Crippen LogP contribution in [0.25, 0.3) is 0 Å². The molecule has 0 saturated carbocycles. The summed E-state index contributed by atoms with van der Waals surface area (Å²) in [6.45, 7) is 11.1. The van der Waals surface area contributed by atoms with Crippen molar-refractivity contribution in [2.24, 2.45) is 0 Å². The molecule has 2 saturated heterocycles. The summed E-state index contributed by atoms with van der Waals surface area (Å²) in [5.74, 6) is 1.68. The molecule has 6 heteroatoms. The van der Waals surface area contributed by atoms with Crippen LogP contribution in [-0.4, -0.2) is 40.2 Å². The third-order valence-electron chi connectivity index (χ3n) is 5.30. The van der Waals surface area contributed by atoms with Crippen LogP contribution in [0.1, 0.15) is 66.2 Å². The fourth-order valence-electron chi connectivity index (χ4n) is 4.65. The smallest absolute Gasteiger partial charge is 0.157 e. The second-order valence-electron chi connectivity index (χ2n) is 9.00. The van der Waals surface area contributed by atoms with E-state index in [2.05, 4.69) is 53.2 Å². The van der Waals surface area contributed by atoms with Crippen LogP contribution in [0, 0.1) is 0 Å². The summed E-state index contributed by atoms with van der Waals surface area (Å²) < 4.78 is 0. The molecule has 2 fully saturated rings. The van der Waals surface area contributed by atoms with Gasteiger partial charge >= 0.3 is 0 Å². The van der Waals surface area contributed by atoms with Gasteiger partial charge in [-0.15, -0.1) is 0 Å². The standard InChI is InChI=1S/C19H34N6/c1-18(2)11-14(12-19(3,4)24-18)23-16-15(20)17(22-13-21-16)25-9-7-5-6-8-10-25/h13-14,24H,5-12,20H2,1-4H3,(H,21,22,23). The molecular formula is C19H34N6. The van der Waals surface area contributed by atoms with Crippen LogP contribution in [0.4, 0.5) is 17.3 Å². The minimum atomic E-state index is 0.0921. The van der Waals surface area contributed by atoms with Crippen molar-refractivity contribution in [1.29, 1.82) is 0 Å². The zero-order valence-electron chi connectivity index (χ0n) is 16.2. The minimum Gasteiger partial charge on any atom is -0.393 e. The normalized spacial score (nSPS) is 23.9. The highest BCUT2D eigenvalue weighted by Crippen LogP contribution is 2.33. The Labute approximate surface area is 152 Å². The van der Waals surface area contributed by atoms with Crippen molar-refractivity contribution in [2.75, 3.05) is 29.0 Å². The third-order valence-corrected chi connectivity index (χ3v) is 5.30. The maximum Gasteiger partial charge on any atom is 0.157 e. The second-order valence-corrected chi connectivity index (χ2v) is 9.00. The molecule has 6 nitrogen and oxygen atoms in total. The van der Waals surface area contributed by atoms with Crippen molar-refractivity contribution >= 4 is 17.3 Å². The molecule has 25 heavy (non-hydrogen) atoms.